The Kier molecular flexibility index (Phi) is 11.4. The highest BCUT2D eigenvalue weighted by molar-refractivity contribution is 8.01. The van der Waals surface area contributed by atoms with Gasteiger partial charge >= 0.3 is 17.9 Å². The first-order valence-electron chi connectivity index (χ1n) is 9.94. The molecular weight excluding hydrogens is 394 g/mol. The number of aliphatic carboxylic acids is 2. The summed E-state index contributed by atoms with van der Waals surface area (Å²) in [5.41, 5.74) is 0. The van der Waals surface area contributed by atoms with Crippen LogP contribution in [0.3, 0.4) is 0 Å². The fraction of sp³-hybridized carbons (Fsp3) is 0.571. The molecule has 8 heteroatoms. The minimum Gasteiger partial charge on any atom is -0.473 e. The van der Waals surface area contributed by atoms with Crippen molar-refractivity contribution in [3.05, 3.63) is 30.3 Å². The molecule has 0 atom stereocenters. The summed E-state index contributed by atoms with van der Waals surface area (Å²) in [6.07, 6.45) is 5.31. The molecule has 0 unspecified atom stereocenters. The topological polar surface area (TPSA) is 104 Å². The van der Waals surface area contributed by atoms with Crippen LogP contribution in [0.2, 0.25) is 0 Å². The summed E-state index contributed by atoms with van der Waals surface area (Å²) < 4.78 is 5.30. The lowest BCUT2D eigenvalue weighted by Gasteiger charge is -2.34. The lowest BCUT2D eigenvalue weighted by molar-refractivity contribution is -0.159. The Labute approximate surface area is 176 Å². The number of carboxylic acids is 2. The van der Waals surface area contributed by atoms with E-state index in [1.165, 1.54) is 6.42 Å². The van der Waals surface area contributed by atoms with Gasteiger partial charge in [-0.3, -0.25) is 4.79 Å². The zero-order valence-electron chi connectivity index (χ0n) is 17.1. The van der Waals surface area contributed by atoms with Crippen molar-refractivity contribution in [3.63, 3.8) is 0 Å². The van der Waals surface area contributed by atoms with Crippen LogP contribution >= 0.6 is 11.8 Å². The van der Waals surface area contributed by atoms with Crippen LogP contribution in [0.25, 0.3) is 0 Å². The van der Waals surface area contributed by atoms with Gasteiger partial charge in [0, 0.05) is 11.4 Å². The van der Waals surface area contributed by atoms with E-state index >= 15 is 0 Å². The molecule has 162 valence electrons. The first kappa shape index (κ1) is 25.0. The molecule has 7 nitrogen and oxygen atoms in total. The Morgan fingerprint density at radius 3 is 2.03 bits per heavy atom. The van der Waals surface area contributed by atoms with Gasteiger partial charge in [0.25, 0.3) is 0 Å². The van der Waals surface area contributed by atoms with Gasteiger partial charge in [-0.25, -0.2) is 9.59 Å². The molecule has 1 aromatic rings. The molecule has 1 aliphatic rings. The van der Waals surface area contributed by atoms with Crippen molar-refractivity contribution in [1.29, 1.82) is 0 Å². The van der Waals surface area contributed by atoms with E-state index < -0.39 is 11.9 Å². The van der Waals surface area contributed by atoms with Crippen molar-refractivity contribution >= 4 is 29.7 Å². The molecule has 1 aliphatic carbocycles. The van der Waals surface area contributed by atoms with Crippen LogP contribution in [0.4, 0.5) is 0 Å². The summed E-state index contributed by atoms with van der Waals surface area (Å²) in [6.45, 7) is 7.59. The van der Waals surface area contributed by atoms with Gasteiger partial charge in [-0.1, -0.05) is 51.3 Å². The second kappa shape index (κ2) is 13.2. The normalized spacial score (nSPS) is 15.1. The third kappa shape index (κ3) is 8.87. The number of likely N-dealkylation sites (N-methyl/N-ethyl adjacent to an activating group) is 1. The molecule has 1 fully saturated rings. The van der Waals surface area contributed by atoms with Gasteiger partial charge in [0.1, 0.15) is 11.4 Å². The molecule has 1 aromatic carbocycles. The number of ether oxygens (including phenoxy) is 1. The Bertz CT molecular complexity index is 630. The number of hydrogen-bond acceptors (Lipinski definition) is 6. The average molecular weight is 426 g/mol. The number of carboxylic acid groups (broad SMARTS) is 2. The lowest BCUT2D eigenvalue weighted by atomic mass is 9.88. The maximum absolute atomic E-state index is 12.8. The lowest BCUT2D eigenvalue weighted by Crippen LogP contribution is -2.40. The Morgan fingerprint density at radius 2 is 1.55 bits per heavy atom. The Balaban J connectivity index is 0.000000612. The summed E-state index contributed by atoms with van der Waals surface area (Å²) in [5.74, 6) is -3.66. The van der Waals surface area contributed by atoms with Crippen LogP contribution in [0.5, 0.6) is 0 Å². The maximum Gasteiger partial charge on any atom is 0.414 e. The molecule has 0 spiro atoms. The number of carbonyl (C=O) groups excluding carboxylic acids is 1. The first-order valence-corrected chi connectivity index (χ1v) is 10.8. The first-order chi connectivity index (χ1) is 13.8. The van der Waals surface area contributed by atoms with E-state index in [9.17, 15) is 4.79 Å². The van der Waals surface area contributed by atoms with Crippen molar-refractivity contribution in [2.75, 3.05) is 26.2 Å². The van der Waals surface area contributed by atoms with Gasteiger partial charge in [-0.15, -0.1) is 11.8 Å². The number of thioether (sulfide) groups is 1. The van der Waals surface area contributed by atoms with E-state index in [2.05, 4.69) is 30.9 Å². The van der Waals surface area contributed by atoms with Crippen molar-refractivity contribution in [3.8, 4) is 0 Å². The molecule has 2 rings (SSSR count). The van der Waals surface area contributed by atoms with Gasteiger partial charge in [0.15, 0.2) is 0 Å². The van der Waals surface area contributed by atoms with Crippen molar-refractivity contribution < 1.29 is 29.3 Å². The number of esters is 1. The van der Waals surface area contributed by atoms with Gasteiger partial charge in [0.05, 0.1) is 0 Å². The summed E-state index contributed by atoms with van der Waals surface area (Å²) in [7, 11) is 0. The third-order valence-corrected chi connectivity index (χ3v) is 6.28. The Morgan fingerprint density at radius 1 is 1.00 bits per heavy atom. The number of carbonyl (C=O) groups is 3. The summed E-state index contributed by atoms with van der Waals surface area (Å²) >= 11 is 1.70. The molecule has 0 amide bonds. The molecule has 0 aromatic heterocycles. The predicted octanol–water partition coefficient (Wildman–Crippen LogP) is 3.52. The molecule has 2 N–H and O–H groups in total. The zero-order chi connectivity index (χ0) is 21.7. The number of hydrogen-bond donors (Lipinski definition) is 2. The van der Waals surface area contributed by atoms with Crippen LogP contribution in [0.1, 0.15) is 46.0 Å². The quantitative estimate of drug-likeness (QED) is 0.482. The van der Waals surface area contributed by atoms with Gasteiger partial charge in [-0.05, 0) is 38.1 Å². The van der Waals surface area contributed by atoms with E-state index in [0.717, 1.165) is 50.2 Å². The van der Waals surface area contributed by atoms with Crippen LogP contribution in [0, 0.1) is 0 Å². The summed E-state index contributed by atoms with van der Waals surface area (Å²) in [5, 5.41) is 14.8. The highest BCUT2D eigenvalue weighted by Crippen LogP contribution is 2.44. The standard InChI is InChI=1S/C19H29NO2S.C2H2O4/c1-3-20(4-2)15-16-22-18(21)19(13-9-6-10-14-19)23-17-11-7-5-8-12-17;3-1(4)2(5)6/h5,7-8,11-12H,3-4,6,9-10,13-16H2,1-2H3;(H,3,4)(H,5,6). The maximum atomic E-state index is 12.8. The third-order valence-electron chi connectivity index (χ3n) is 4.81. The van der Waals surface area contributed by atoms with Gasteiger partial charge in [-0.2, -0.15) is 0 Å². The molecule has 0 saturated heterocycles. The van der Waals surface area contributed by atoms with Crippen LogP contribution < -0.4 is 0 Å². The van der Waals surface area contributed by atoms with E-state index in [1.54, 1.807) is 11.8 Å². The van der Waals surface area contributed by atoms with Crippen LogP contribution in [-0.4, -0.2) is 64.0 Å². The highest BCUT2D eigenvalue weighted by atomic mass is 32.2. The number of nitrogens with zero attached hydrogens (tertiary/aromatic N) is 1. The monoisotopic (exact) mass is 425 g/mol. The molecule has 0 bridgehead atoms. The van der Waals surface area contributed by atoms with Crippen molar-refractivity contribution in [2.45, 2.75) is 55.6 Å². The van der Waals surface area contributed by atoms with Crippen LogP contribution in [0.15, 0.2) is 35.2 Å². The number of benzene rings is 1. The Hall–Kier alpha value is -2.06. The fourth-order valence-electron chi connectivity index (χ4n) is 3.12. The van der Waals surface area contributed by atoms with Crippen molar-refractivity contribution in [2.24, 2.45) is 0 Å². The van der Waals surface area contributed by atoms with Gasteiger partial charge in [0.2, 0.25) is 0 Å². The number of rotatable bonds is 8. The average Bonchev–Trinajstić information content (AvgIpc) is 2.73. The van der Waals surface area contributed by atoms with Gasteiger partial charge < -0.3 is 19.8 Å². The summed E-state index contributed by atoms with van der Waals surface area (Å²) in [6, 6.07) is 10.3. The van der Waals surface area contributed by atoms with E-state index in [4.69, 9.17) is 24.5 Å². The molecule has 0 aliphatic heterocycles. The van der Waals surface area contributed by atoms with Crippen LogP contribution in [-0.2, 0) is 19.1 Å². The molecule has 29 heavy (non-hydrogen) atoms. The highest BCUT2D eigenvalue weighted by Gasteiger charge is 2.42. The van der Waals surface area contributed by atoms with E-state index in [-0.39, 0.29) is 10.7 Å². The second-order valence-corrected chi connectivity index (χ2v) is 8.20. The smallest absolute Gasteiger partial charge is 0.414 e. The second-order valence-electron chi connectivity index (χ2n) is 6.74. The zero-order valence-corrected chi connectivity index (χ0v) is 18.0. The molecule has 1 saturated carbocycles. The fourth-order valence-corrected chi connectivity index (χ4v) is 4.50. The summed E-state index contributed by atoms with van der Waals surface area (Å²) in [4.78, 5) is 34.5. The van der Waals surface area contributed by atoms with E-state index in [1.807, 2.05) is 18.2 Å². The molecule has 0 heterocycles. The minimum atomic E-state index is -1.82. The minimum absolute atomic E-state index is 0.0155. The molecule has 0 radical (unpaired) electrons. The SMILES string of the molecule is CCN(CC)CCOC(=O)C1(Sc2ccccc2)CCCCC1.O=C(O)C(=O)O. The van der Waals surface area contributed by atoms with Crippen molar-refractivity contribution in [1.82, 2.24) is 4.90 Å². The predicted molar refractivity (Wildman–Crippen MR) is 112 cm³/mol. The van der Waals surface area contributed by atoms with E-state index in [0.29, 0.717) is 6.61 Å². The molecular formula is C21H31NO6S. The largest absolute Gasteiger partial charge is 0.473 e.